The summed E-state index contributed by atoms with van der Waals surface area (Å²) in [4.78, 5) is 8.04. The minimum absolute atomic E-state index is 0.140. The third-order valence-electron chi connectivity index (χ3n) is 2.83. The average molecular weight is 284 g/mol. The van der Waals surface area contributed by atoms with Crippen LogP contribution in [0.15, 0.2) is 6.20 Å². The van der Waals surface area contributed by atoms with Gasteiger partial charge in [-0.2, -0.15) is 4.98 Å². The van der Waals surface area contributed by atoms with Crippen LogP contribution in [0.2, 0.25) is 0 Å². The number of hydrogen-bond donors (Lipinski definition) is 3. The van der Waals surface area contributed by atoms with Crippen molar-refractivity contribution in [2.45, 2.75) is 19.8 Å². The number of nitrogens with one attached hydrogen (secondary N) is 1. The highest BCUT2D eigenvalue weighted by molar-refractivity contribution is 5.51. The molecule has 114 valence electrons. The molecule has 0 aliphatic heterocycles. The summed E-state index contributed by atoms with van der Waals surface area (Å²) < 4.78 is 10.5. The van der Waals surface area contributed by atoms with Gasteiger partial charge in [-0.25, -0.2) is 4.98 Å². The maximum absolute atomic E-state index is 9.29. The lowest BCUT2D eigenvalue weighted by molar-refractivity contribution is 0.146. The third-order valence-corrected chi connectivity index (χ3v) is 2.83. The molecule has 1 atom stereocenters. The lowest BCUT2D eigenvalue weighted by Crippen LogP contribution is -2.19. The van der Waals surface area contributed by atoms with Crippen molar-refractivity contribution in [3.05, 3.63) is 6.20 Å². The van der Waals surface area contributed by atoms with Crippen molar-refractivity contribution in [3.8, 4) is 5.75 Å². The largest absolute Gasteiger partial charge is 0.486 e. The molecule has 0 aromatic carbocycles. The Morgan fingerprint density at radius 2 is 2.25 bits per heavy atom. The number of anilines is 2. The van der Waals surface area contributed by atoms with Crippen LogP contribution in [-0.2, 0) is 4.74 Å². The van der Waals surface area contributed by atoms with Crippen molar-refractivity contribution >= 4 is 11.8 Å². The Balaban J connectivity index is 2.63. The molecule has 0 aliphatic rings. The Bertz CT molecular complexity index is 390. The number of aliphatic hydroxyl groups is 1. The van der Waals surface area contributed by atoms with Crippen molar-refractivity contribution in [2.24, 2.45) is 5.92 Å². The summed E-state index contributed by atoms with van der Waals surface area (Å²) in [6.45, 7) is 3.74. The number of ether oxygens (including phenoxy) is 2. The van der Waals surface area contributed by atoms with E-state index in [1.165, 1.54) is 6.20 Å². The summed E-state index contributed by atoms with van der Waals surface area (Å²) in [5, 5.41) is 12.4. The van der Waals surface area contributed by atoms with Gasteiger partial charge in [0.1, 0.15) is 6.61 Å². The van der Waals surface area contributed by atoms with Crippen molar-refractivity contribution in [3.63, 3.8) is 0 Å². The van der Waals surface area contributed by atoms with Crippen LogP contribution >= 0.6 is 0 Å². The smallest absolute Gasteiger partial charge is 0.222 e. The molecule has 0 saturated heterocycles. The Morgan fingerprint density at radius 1 is 1.45 bits per heavy atom. The Hall–Kier alpha value is -1.60. The van der Waals surface area contributed by atoms with Gasteiger partial charge in [0.2, 0.25) is 5.95 Å². The molecule has 1 aromatic rings. The van der Waals surface area contributed by atoms with E-state index in [9.17, 15) is 5.11 Å². The van der Waals surface area contributed by atoms with E-state index in [2.05, 4.69) is 22.2 Å². The number of methoxy groups -OCH3 is 1. The Morgan fingerprint density at radius 3 is 2.90 bits per heavy atom. The zero-order chi connectivity index (χ0) is 14.8. The summed E-state index contributed by atoms with van der Waals surface area (Å²) >= 11 is 0. The van der Waals surface area contributed by atoms with Gasteiger partial charge in [-0.3, -0.25) is 0 Å². The summed E-state index contributed by atoms with van der Waals surface area (Å²) in [6.07, 6.45) is 3.51. The molecule has 0 radical (unpaired) electrons. The van der Waals surface area contributed by atoms with Crippen LogP contribution in [0.25, 0.3) is 0 Å². The van der Waals surface area contributed by atoms with Gasteiger partial charge in [-0.1, -0.05) is 13.3 Å². The normalized spacial score (nSPS) is 12.2. The van der Waals surface area contributed by atoms with Gasteiger partial charge in [0, 0.05) is 20.3 Å². The molecule has 7 heteroatoms. The molecule has 0 saturated carbocycles. The molecule has 0 bridgehead atoms. The topological polar surface area (TPSA) is 103 Å². The van der Waals surface area contributed by atoms with Crippen molar-refractivity contribution in [2.75, 3.05) is 44.5 Å². The van der Waals surface area contributed by atoms with Gasteiger partial charge in [0.25, 0.3) is 0 Å². The molecule has 0 unspecified atom stereocenters. The van der Waals surface area contributed by atoms with Crippen molar-refractivity contribution < 1.29 is 14.6 Å². The van der Waals surface area contributed by atoms with Crippen LogP contribution < -0.4 is 15.8 Å². The van der Waals surface area contributed by atoms with Crippen LogP contribution in [-0.4, -0.2) is 48.5 Å². The minimum atomic E-state index is 0.140. The quantitative estimate of drug-likeness (QED) is 0.549. The number of nitrogens with zero attached hydrogens (tertiary/aromatic N) is 2. The highest BCUT2D eigenvalue weighted by atomic mass is 16.5. The zero-order valence-electron chi connectivity index (χ0n) is 12.1. The summed E-state index contributed by atoms with van der Waals surface area (Å²) in [6, 6.07) is 0. The molecule has 1 aromatic heterocycles. The molecular weight excluding hydrogens is 260 g/mol. The first kappa shape index (κ1) is 16.5. The third kappa shape index (κ3) is 5.58. The molecule has 4 N–H and O–H groups in total. The molecular formula is C13H24N4O3. The van der Waals surface area contributed by atoms with Gasteiger partial charge >= 0.3 is 0 Å². The predicted octanol–water partition coefficient (Wildman–Crippen LogP) is 0.904. The minimum Gasteiger partial charge on any atom is -0.486 e. The predicted molar refractivity (Wildman–Crippen MR) is 77.8 cm³/mol. The number of hydrogen-bond acceptors (Lipinski definition) is 7. The maximum atomic E-state index is 9.29. The van der Waals surface area contributed by atoms with Crippen LogP contribution in [0, 0.1) is 5.92 Å². The molecule has 0 aliphatic carbocycles. The molecule has 0 fully saturated rings. The van der Waals surface area contributed by atoms with E-state index in [1.807, 2.05) is 0 Å². The summed E-state index contributed by atoms with van der Waals surface area (Å²) in [5.74, 6) is 1.44. The monoisotopic (exact) mass is 284 g/mol. The van der Waals surface area contributed by atoms with Crippen molar-refractivity contribution in [1.29, 1.82) is 0 Å². The maximum Gasteiger partial charge on any atom is 0.222 e. The van der Waals surface area contributed by atoms with Crippen LogP contribution in [0.4, 0.5) is 11.8 Å². The highest BCUT2D eigenvalue weighted by Gasteiger charge is 2.11. The zero-order valence-corrected chi connectivity index (χ0v) is 12.1. The number of nitrogens with two attached hydrogens (primary N) is 1. The van der Waals surface area contributed by atoms with Gasteiger partial charge in [0.15, 0.2) is 11.6 Å². The highest BCUT2D eigenvalue weighted by Crippen LogP contribution is 2.22. The second kappa shape index (κ2) is 9.33. The van der Waals surface area contributed by atoms with Gasteiger partial charge < -0.3 is 25.6 Å². The molecule has 1 heterocycles. The van der Waals surface area contributed by atoms with E-state index in [-0.39, 0.29) is 18.5 Å². The molecule has 0 spiro atoms. The summed E-state index contributed by atoms with van der Waals surface area (Å²) in [7, 11) is 1.61. The van der Waals surface area contributed by atoms with E-state index in [0.717, 1.165) is 12.8 Å². The van der Waals surface area contributed by atoms with E-state index in [4.69, 9.17) is 15.2 Å². The van der Waals surface area contributed by atoms with E-state index < -0.39 is 0 Å². The van der Waals surface area contributed by atoms with Crippen LogP contribution in [0.3, 0.4) is 0 Å². The fourth-order valence-electron chi connectivity index (χ4n) is 1.76. The number of aromatic nitrogens is 2. The molecule has 0 amide bonds. The SMILES string of the molecule is CCC[C@@H](CO)CNc1nc(N)ncc1OCCOC. The Kier molecular flexibility index (Phi) is 7.67. The number of rotatable bonds is 10. The first-order chi connectivity index (χ1) is 9.71. The van der Waals surface area contributed by atoms with Crippen molar-refractivity contribution in [1.82, 2.24) is 9.97 Å². The fourth-order valence-corrected chi connectivity index (χ4v) is 1.76. The lowest BCUT2D eigenvalue weighted by atomic mass is 10.1. The molecule has 1 rings (SSSR count). The molecule has 7 nitrogen and oxygen atoms in total. The first-order valence-corrected chi connectivity index (χ1v) is 6.80. The van der Waals surface area contributed by atoms with E-state index in [1.54, 1.807) is 7.11 Å². The second-order valence-corrected chi connectivity index (χ2v) is 4.50. The number of nitrogen functional groups attached to an aromatic ring is 1. The van der Waals surface area contributed by atoms with Gasteiger partial charge in [-0.15, -0.1) is 0 Å². The van der Waals surface area contributed by atoms with Crippen LogP contribution in [0.5, 0.6) is 5.75 Å². The molecule has 20 heavy (non-hydrogen) atoms. The van der Waals surface area contributed by atoms with Gasteiger partial charge in [0.05, 0.1) is 12.8 Å². The first-order valence-electron chi connectivity index (χ1n) is 6.80. The Labute approximate surface area is 119 Å². The number of aliphatic hydroxyl groups excluding tert-OH is 1. The van der Waals surface area contributed by atoms with Crippen LogP contribution in [0.1, 0.15) is 19.8 Å². The van der Waals surface area contributed by atoms with E-state index >= 15 is 0 Å². The average Bonchev–Trinajstić information content (AvgIpc) is 2.45. The summed E-state index contributed by atoms with van der Waals surface area (Å²) in [5.41, 5.74) is 5.59. The van der Waals surface area contributed by atoms with Gasteiger partial charge in [-0.05, 0) is 12.3 Å². The fraction of sp³-hybridized carbons (Fsp3) is 0.692. The standard InChI is InChI=1S/C13H24N4O3/c1-3-4-10(9-18)7-15-12-11(20-6-5-19-2)8-16-13(14)17-12/h8,10,18H,3-7,9H2,1-2H3,(H3,14,15,16,17)/t10-/m1/s1. The second-order valence-electron chi connectivity index (χ2n) is 4.50. The lowest BCUT2D eigenvalue weighted by Gasteiger charge is -2.16. The van der Waals surface area contributed by atoms with E-state index in [0.29, 0.717) is 31.3 Å².